The summed E-state index contributed by atoms with van der Waals surface area (Å²) in [4.78, 5) is 48.6. The third-order valence-corrected chi connectivity index (χ3v) is 8.50. The molecule has 0 saturated carbocycles. The first kappa shape index (κ1) is 24.0. The molecule has 3 aromatic rings. The van der Waals surface area contributed by atoms with Crippen molar-refractivity contribution in [3.05, 3.63) is 40.8 Å². The molecule has 13 nitrogen and oxygen atoms in total. The van der Waals surface area contributed by atoms with Crippen LogP contribution in [0, 0.1) is 0 Å². The van der Waals surface area contributed by atoms with Crippen molar-refractivity contribution in [3.63, 3.8) is 0 Å². The topological polar surface area (TPSA) is 193 Å². The molecule has 186 valence electrons. The molecule has 16 heteroatoms. The predicted octanol–water partition coefficient (Wildman–Crippen LogP) is -1.34. The first-order valence-electron chi connectivity index (χ1n) is 10.3. The van der Waals surface area contributed by atoms with Gasteiger partial charge in [-0.05, 0) is 6.07 Å². The monoisotopic (exact) mass is 546 g/mol. The normalized spacial score (nSPS) is 19.8. The Kier molecular flexibility index (Phi) is 6.23. The molecule has 0 aromatic carbocycles. The van der Waals surface area contributed by atoms with E-state index in [2.05, 4.69) is 19.8 Å². The number of anilines is 2. The molecule has 2 atom stereocenters. The summed E-state index contributed by atoms with van der Waals surface area (Å²) < 4.78 is 5.83. The van der Waals surface area contributed by atoms with Crippen LogP contribution in [0.4, 0.5) is 10.8 Å². The second-order valence-corrected chi connectivity index (χ2v) is 10.5. The van der Waals surface area contributed by atoms with Gasteiger partial charge in [0.15, 0.2) is 17.9 Å². The number of pyridine rings is 1. The number of thiophene rings is 1. The van der Waals surface area contributed by atoms with Gasteiger partial charge < -0.3 is 31.5 Å². The van der Waals surface area contributed by atoms with Gasteiger partial charge >= 0.3 is 0 Å². The van der Waals surface area contributed by atoms with Crippen LogP contribution in [-0.4, -0.2) is 62.0 Å². The van der Waals surface area contributed by atoms with E-state index in [1.807, 2.05) is 28.3 Å². The van der Waals surface area contributed by atoms with Gasteiger partial charge in [-0.1, -0.05) is 16.5 Å². The van der Waals surface area contributed by atoms with Gasteiger partial charge in [-0.15, -0.1) is 11.8 Å². The van der Waals surface area contributed by atoms with E-state index in [9.17, 15) is 19.5 Å². The van der Waals surface area contributed by atoms with Crippen molar-refractivity contribution < 1.29 is 28.9 Å². The highest BCUT2D eigenvalue weighted by Crippen LogP contribution is 2.40. The number of carbonyl (C=O) groups excluding carboxylic acids is 3. The minimum absolute atomic E-state index is 0.0465. The molecule has 0 aliphatic carbocycles. The van der Waals surface area contributed by atoms with Crippen molar-refractivity contribution in [1.29, 1.82) is 0 Å². The van der Waals surface area contributed by atoms with Gasteiger partial charge in [0.2, 0.25) is 11.5 Å². The molecule has 2 amide bonds. The van der Waals surface area contributed by atoms with E-state index in [4.69, 9.17) is 16.3 Å². The van der Waals surface area contributed by atoms with Gasteiger partial charge in [-0.25, -0.2) is 0 Å². The smallest absolute Gasteiger partial charge is 0.278 e. The van der Waals surface area contributed by atoms with Gasteiger partial charge in [0.05, 0.1) is 22.7 Å². The van der Waals surface area contributed by atoms with E-state index in [-0.39, 0.29) is 28.9 Å². The molecular formula is C20H18N8O5S3. The Balaban J connectivity index is 1.38. The Bertz CT molecular complexity index is 1460. The van der Waals surface area contributed by atoms with Crippen molar-refractivity contribution >= 4 is 79.2 Å². The number of hydrogen-bond acceptors (Lipinski definition) is 13. The number of amides is 2. The van der Waals surface area contributed by atoms with Crippen molar-refractivity contribution in [2.24, 2.45) is 5.16 Å². The molecule has 5 rings (SSSR count). The number of nitrogen functional groups attached to an aromatic ring is 2. The number of nitrogens with zero attached hydrogens (tertiary/aromatic N) is 5. The van der Waals surface area contributed by atoms with Gasteiger partial charge in [-0.3, -0.25) is 14.5 Å². The first-order valence-corrected chi connectivity index (χ1v) is 13.0. The Morgan fingerprint density at radius 1 is 1.42 bits per heavy atom. The highest BCUT2D eigenvalue weighted by atomic mass is 32.2. The summed E-state index contributed by atoms with van der Waals surface area (Å²) in [6.45, 7) is 0.239. The Morgan fingerprint density at radius 3 is 2.92 bits per heavy atom. The standard InChI is InChI=1S/C20H18N8O5S3/c1-33-25-11(14-24-20(22)36-26-14)15(29)23-12-16(30)28-13(19(31)32)8(6-34-18(12)28)5-27-4-2-3-9-10(21)7-35-17(9)27/h2-4,7,12,18H,5-6,21H2,1H3,(H3-,22,23,24,26,29,31,32)/b25-11-/t12?,18-/m1/s1. The molecule has 1 unspecified atom stereocenters. The molecule has 36 heavy (non-hydrogen) atoms. The summed E-state index contributed by atoms with van der Waals surface area (Å²) in [5, 5.41) is 20.5. The van der Waals surface area contributed by atoms with E-state index in [1.165, 1.54) is 30.2 Å². The average Bonchev–Trinajstić information content (AvgIpc) is 3.46. The second kappa shape index (κ2) is 9.36. The van der Waals surface area contributed by atoms with Crippen LogP contribution in [0.25, 0.3) is 10.2 Å². The molecule has 2 aliphatic rings. The van der Waals surface area contributed by atoms with Crippen molar-refractivity contribution in [3.8, 4) is 0 Å². The number of rotatable bonds is 7. The molecule has 0 spiro atoms. The lowest BCUT2D eigenvalue weighted by molar-refractivity contribution is -0.661. The number of aliphatic carboxylic acids is 1. The number of hydrogen-bond donors (Lipinski definition) is 3. The van der Waals surface area contributed by atoms with Crippen molar-refractivity contribution in [1.82, 2.24) is 19.6 Å². The third kappa shape index (κ3) is 4.02. The van der Waals surface area contributed by atoms with Crippen molar-refractivity contribution in [2.45, 2.75) is 18.0 Å². The number of aromatic nitrogens is 3. The average molecular weight is 547 g/mol. The largest absolute Gasteiger partial charge is 0.543 e. The van der Waals surface area contributed by atoms with Crippen LogP contribution in [0.2, 0.25) is 0 Å². The summed E-state index contributed by atoms with van der Waals surface area (Å²) in [5.41, 5.74) is 12.3. The highest BCUT2D eigenvalue weighted by Gasteiger charge is 2.53. The maximum atomic E-state index is 13.0. The summed E-state index contributed by atoms with van der Waals surface area (Å²) in [7, 11) is 1.25. The van der Waals surface area contributed by atoms with Crippen LogP contribution in [0.3, 0.4) is 0 Å². The third-order valence-electron chi connectivity index (χ3n) is 5.57. The lowest BCUT2D eigenvalue weighted by Crippen LogP contribution is -2.71. The lowest BCUT2D eigenvalue weighted by Gasteiger charge is -2.50. The molecule has 1 saturated heterocycles. The predicted molar refractivity (Wildman–Crippen MR) is 131 cm³/mol. The molecule has 3 aromatic heterocycles. The first-order chi connectivity index (χ1) is 17.3. The summed E-state index contributed by atoms with van der Waals surface area (Å²) >= 11 is 3.66. The maximum Gasteiger partial charge on any atom is 0.278 e. The molecule has 0 bridgehead atoms. The minimum atomic E-state index is -1.46. The number of carboxylic acids is 1. The Hall–Kier alpha value is -3.76. The number of nitrogens with one attached hydrogen (secondary N) is 1. The van der Waals surface area contributed by atoms with Crippen LogP contribution in [0.5, 0.6) is 0 Å². The number of carboxylic acid groups (broad SMARTS) is 1. The van der Waals surface area contributed by atoms with Crippen LogP contribution < -0.4 is 26.5 Å². The van der Waals surface area contributed by atoms with Gasteiger partial charge in [0.25, 0.3) is 16.6 Å². The van der Waals surface area contributed by atoms with E-state index >= 15 is 0 Å². The zero-order valence-corrected chi connectivity index (χ0v) is 21.0. The molecule has 1 fully saturated rings. The zero-order chi connectivity index (χ0) is 25.6. The Labute approximate surface area is 215 Å². The second-order valence-electron chi connectivity index (χ2n) is 7.73. The summed E-state index contributed by atoms with van der Waals surface area (Å²) in [6.07, 6.45) is 1.83. The quantitative estimate of drug-likeness (QED) is 0.138. The van der Waals surface area contributed by atoms with Crippen LogP contribution in [0.1, 0.15) is 5.82 Å². The molecular weight excluding hydrogens is 528 g/mol. The molecule has 5 N–H and O–H groups in total. The number of carbonyl (C=O) groups is 3. The number of thioether (sulfide) groups is 1. The SMILES string of the molecule is CO/N=C(\C(=O)NC1C(=O)N2C(C(=O)[O-])=C(C[n+]3cccc4c(N)csc43)CS[C@H]12)c1nsc(N)n1. The minimum Gasteiger partial charge on any atom is -0.543 e. The van der Waals surface area contributed by atoms with E-state index in [1.54, 1.807) is 0 Å². The fourth-order valence-electron chi connectivity index (χ4n) is 4.01. The molecule has 5 heterocycles. The zero-order valence-electron chi connectivity index (χ0n) is 18.5. The van der Waals surface area contributed by atoms with Crippen LogP contribution in [0.15, 0.2) is 40.1 Å². The summed E-state index contributed by atoms with van der Waals surface area (Å²) in [5.74, 6) is -2.53. The van der Waals surface area contributed by atoms with E-state index in [0.717, 1.165) is 26.6 Å². The Morgan fingerprint density at radius 2 is 2.22 bits per heavy atom. The van der Waals surface area contributed by atoms with Gasteiger partial charge in [-0.2, -0.15) is 13.9 Å². The lowest BCUT2D eigenvalue weighted by atomic mass is 10.0. The van der Waals surface area contributed by atoms with E-state index < -0.39 is 29.2 Å². The number of oxime groups is 1. The summed E-state index contributed by atoms with van der Waals surface area (Å²) in [6, 6.07) is 2.73. The fraction of sp³-hybridized carbons (Fsp3) is 0.250. The van der Waals surface area contributed by atoms with Crippen molar-refractivity contribution in [2.75, 3.05) is 24.3 Å². The van der Waals surface area contributed by atoms with E-state index in [0.29, 0.717) is 17.0 Å². The van der Waals surface area contributed by atoms with Crippen LogP contribution in [-0.2, 0) is 25.8 Å². The molecule has 2 aliphatic heterocycles. The molecule has 0 radical (unpaired) electrons. The maximum absolute atomic E-state index is 13.0. The van der Waals surface area contributed by atoms with Gasteiger partial charge in [0.1, 0.15) is 18.5 Å². The van der Waals surface area contributed by atoms with Gasteiger partial charge in [0, 0.05) is 34.3 Å². The fourth-order valence-corrected chi connectivity index (χ4v) is 6.72. The number of fused-ring (bicyclic) bond motifs is 2. The highest BCUT2D eigenvalue weighted by molar-refractivity contribution is 8.00. The number of nitrogens with two attached hydrogens (primary N) is 2. The number of β-lactam (4-membered cyclic amide) rings is 1. The van der Waals surface area contributed by atoms with Crippen LogP contribution >= 0.6 is 34.6 Å².